The average molecular weight is 324 g/mol. The number of para-hydroxylation sites is 1. The van der Waals surface area contributed by atoms with E-state index in [9.17, 15) is 4.79 Å². The van der Waals surface area contributed by atoms with E-state index in [-0.39, 0.29) is 6.03 Å². The third-order valence-electron chi connectivity index (χ3n) is 4.48. The van der Waals surface area contributed by atoms with E-state index in [2.05, 4.69) is 22.1 Å². The van der Waals surface area contributed by atoms with Crippen LogP contribution < -0.4 is 5.32 Å². The van der Waals surface area contributed by atoms with Crippen molar-refractivity contribution in [3.05, 3.63) is 48.8 Å². The SMILES string of the molecule is CCN1CCCN(C(=O)Nc2ccccc2-c2ccncc2)CC1. The molecule has 0 radical (unpaired) electrons. The van der Waals surface area contributed by atoms with Gasteiger partial charge in [-0.1, -0.05) is 25.1 Å². The molecule has 0 aliphatic carbocycles. The minimum absolute atomic E-state index is 0.0190. The van der Waals surface area contributed by atoms with Crippen LogP contribution in [-0.4, -0.2) is 53.5 Å². The van der Waals surface area contributed by atoms with Gasteiger partial charge in [-0.05, 0) is 43.3 Å². The van der Waals surface area contributed by atoms with E-state index in [4.69, 9.17) is 0 Å². The third-order valence-corrected chi connectivity index (χ3v) is 4.48. The zero-order chi connectivity index (χ0) is 16.8. The molecule has 1 aromatic heterocycles. The number of nitrogens with one attached hydrogen (secondary N) is 1. The predicted molar refractivity (Wildman–Crippen MR) is 97.0 cm³/mol. The van der Waals surface area contributed by atoms with Crippen LogP contribution in [0, 0.1) is 0 Å². The summed E-state index contributed by atoms with van der Waals surface area (Å²) in [5, 5.41) is 3.09. The van der Waals surface area contributed by atoms with Crippen LogP contribution in [0.1, 0.15) is 13.3 Å². The summed E-state index contributed by atoms with van der Waals surface area (Å²) in [7, 11) is 0. The molecule has 1 aliphatic rings. The van der Waals surface area contributed by atoms with E-state index in [0.717, 1.165) is 56.0 Å². The maximum absolute atomic E-state index is 12.7. The molecule has 1 saturated heterocycles. The van der Waals surface area contributed by atoms with Gasteiger partial charge in [-0.2, -0.15) is 0 Å². The highest BCUT2D eigenvalue weighted by Crippen LogP contribution is 2.27. The molecule has 2 heterocycles. The molecular formula is C19H24N4O. The normalized spacial score (nSPS) is 15.8. The number of rotatable bonds is 3. The van der Waals surface area contributed by atoms with Crippen LogP contribution in [0.25, 0.3) is 11.1 Å². The number of pyridine rings is 1. The molecule has 2 aromatic rings. The second-order valence-electron chi connectivity index (χ2n) is 5.99. The van der Waals surface area contributed by atoms with Crippen molar-refractivity contribution in [2.75, 3.05) is 38.0 Å². The maximum atomic E-state index is 12.7. The lowest BCUT2D eigenvalue weighted by Crippen LogP contribution is -2.38. The molecular weight excluding hydrogens is 300 g/mol. The summed E-state index contributed by atoms with van der Waals surface area (Å²) in [5.41, 5.74) is 2.90. The third kappa shape index (κ3) is 3.92. The van der Waals surface area contributed by atoms with Crippen molar-refractivity contribution in [1.29, 1.82) is 0 Å². The Morgan fingerprint density at radius 2 is 1.88 bits per heavy atom. The lowest BCUT2D eigenvalue weighted by atomic mass is 10.1. The Bertz CT molecular complexity index is 674. The number of carbonyl (C=O) groups excluding carboxylic acids is 1. The molecule has 0 spiro atoms. The monoisotopic (exact) mass is 324 g/mol. The van der Waals surface area contributed by atoms with Crippen molar-refractivity contribution in [2.45, 2.75) is 13.3 Å². The van der Waals surface area contributed by atoms with Crippen molar-refractivity contribution in [1.82, 2.24) is 14.8 Å². The van der Waals surface area contributed by atoms with Crippen molar-refractivity contribution in [3.63, 3.8) is 0 Å². The molecule has 1 fully saturated rings. The number of nitrogens with zero attached hydrogens (tertiary/aromatic N) is 3. The zero-order valence-electron chi connectivity index (χ0n) is 14.1. The fourth-order valence-electron chi connectivity index (χ4n) is 3.06. The van der Waals surface area contributed by atoms with Gasteiger partial charge in [0.15, 0.2) is 0 Å². The highest BCUT2D eigenvalue weighted by Gasteiger charge is 2.19. The molecule has 1 aliphatic heterocycles. The average Bonchev–Trinajstić information content (AvgIpc) is 2.88. The zero-order valence-corrected chi connectivity index (χ0v) is 14.1. The van der Waals surface area contributed by atoms with Gasteiger partial charge >= 0.3 is 6.03 Å². The van der Waals surface area contributed by atoms with E-state index in [0.29, 0.717) is 0 Å². The summed E-state index contributed by atoms with van der Waals surface area (Å²) in [6.07, 6.45) is 4.55. The summed E-state index contributed by atoms with van der Waals surface area (Å²) in [6, 6.07) is 11.8. The molecule has 24 heavy (non-hydrogen) atoms. The molecule has 0 atom stereocenters. The van der Waals surface area contributed by atoms with Crippen LogP contribution in [0.4, 0.5) is 10.5 Å². The van der Waals surface area contributed by atoms with Gasteiger partial charge in [0.05, 0.1) is 5.69 Å². The summed E-state index contributed by atoms with van der Waals surface area (Å²) < 4.78 is 0. The summed E-state index contributed by atoms with van der Waals surface area (Å²) in [6.45, 7) is 6.79. The van der Waals surface area contributed by atoms with Crippen molar-refractivity contribution in [3.8, 4) is 11.1 Å². The Morgan fingerprint density at radius 3 is 2.67 bits per heavy atom. The fraction of sp³-hybridized carbons (Fsp3) is 0.368. The molecule has 0 saturated carbocycles. The first-order chi connectivity index (χ1) is 11.8. The highest BCUT2D eigenvalue weighted by atomic mass is 16.2. The topological polar surface area (TPSA) is 48.5 Å². The number of aromatic nitrogens is 1. The van der Waals surface area contributed by atoms with Crippen LogP contribution in [0.15, 0.2) is 48.8 Å². The molecule has 3 rings (SSSR count). The van der Waals surface area contributed by atoms with E-state index >= 15 is 0 Å². The van der Waals surface area contributed by atoms with Gasteiger partial charge in [0.25, 0.3) is 0 Å². The van der Waals surface area contributed by atoms with Crippen molar-refractivity contribution >= 4 is 11.7 Å². The predicted octanol–water partition coefficient (Wildman–Crippen LogP) is 3.31. The molecule has 2 amide bonds. The molecule has 126 valence electrons. The quantitative estimate of drug-likeness (QED) is 0.942. The van der Waals surface area contributed by atoms with Crippen LogP contribution in [0.2, 0.25) is 0 Å². The number of likely N-dealkylation sites (N-methyl/N-ethyl adjacent to an activating group) is 1. The molecule has 5 heteroatoms. The van der Waals surface area contributed by atoms with Crippen LogP contribution in [-0.2, 0) is 0 Å². The van der Waals surface area contributed by atoms with Gasteiger partial charge in [0.1, 0.15) is 0 Å². The van der Waals surface area contributed by atoms with Crippen LogP contribution >= 0.6 is 0 Å². The number of hydrogen-bond acceptors (Lipinski definition) is 3. The Kier molecular flexibility index (Phi) is 5.43. The maximum Gasteiger partial charge on any atom is 0.321 e. The van der Waals surface area contributed by atoms with Gasteiger partial charge < -0.3 is 15.1 Å². The minimum atomic E-state index is -0.0190. The Labute approximate surface area is 143 Å². The molecule has 5 nitrogen and oxygen atoms in total. The van der Waals surface area contributed by atoms with Gasteiger partial charge in [-0.15, -0.1) is 0 Å². The van der Waals surface area contributed by atoms with E-state index in [1.807, 2.05) is 41.3 Å². The molecule has 1 N–H and O–H groups in total. The second kappa shape index (κ2) is 7.93. The smallest absolute Gasteiger partial charge is 0.321 e. The number of anilines is 1. The van der Waals surface area contributed by atoms with E-state index in [1.54, 1.807) is 12.4 Å². The minimum Gasteiger partial charge on any atom is -0.323 e. The van der Waals surface area contributed by atoms with Crippen molar-refractivity contribution in [2.24, 2.45) is 0 Å². The molecule has 0 bridgehead atoms. The molecule has 0 unspecified atom stereocenters. The van der Waals surface area contributed by atoms with Crippen LogP contribution in [0.5, 0.6) is 0 Å². The first-order valence-electron chi connectivity index (χ1n) is 8.55. The van der Waals surface area contributed by atoms with Crippen LogP contribution in [0.3, 0.4) is 0 Å². The highest BCUT2D eigenvalue weighted by molar-refractivity contribution is 5.94. The lowest BCUT2D eigenvalue weighted by molar-refractivity contribution is 0.212. The number of carbonyl (C=O) groups is 1. The lowest BCUT2D eigenvalue weighted by Gasteiger charge is -2.22. The molecule has 1 aromatic carbocycles. The number of amides is 2. The Morgan fingerprint density at radius 1 is 1.08 bits per heavy atom. The summed E-state index contributed by atoms with van der Waals surface area (Å²) >= 11 is 0. The Hall–Kier alpha value is -2.40. The number of urea groups is 1. The van der Waals surface area contributed by atoms with Gasteiger partial charge in [0, 0.05) is 37.6 Å². The van der Waals surface area contributed by atoms with E-state index in [1.165, 1.54) is 0 Å². The standard InChI is InChI=1S/C19H24N4O/c1-2-22-12-5-13-23(15-14-22)19(24)21-18-7-4-3-6-17(18)16-8-10-20-11-9-16/h3-4,6-11H,2,5,12-15H2,1H3,(H,21,24). The largest absolute Gasteiger partial charge is 0.323 e. The fourth-order valence-corrected chi connectivity index (χ4v) is 3.06. The number of benzene rings is 1. The van der Waals surface area contributed by atoms with Gasteiger partial charge in [-0.25, -0.2) is 4.79 Å². The number of hydrogen-bond donors (Lipinski definition) is 1. The first-order valence-corrected chi connectivity index (χ1v) is 8.55. The summed E-state index contributed by atoms with van der Waals surface area (Å²) in [5.74, 6) is 0. The Balaban J connectivity index is 1.73. The first kappa shape index (κ1) is 16.5. The van der Waals surface area contributed by atoms with Gasteiger partial charge in [0.2, 0.25) is 0 Å². The van der Waals surface area contributed by atoms with Crippen molar-refractivity contribution < 1.29 is 4.79 Å². The second-order valence-corrected chi connectivity index (χ2v) is 5.99. The van der Waals surface area contributed by atoms with Gasteiger partial charge in [-0.3, -0.25) is 4.98 Å². The van der Waals surface area contributed by atoms with E-state index < -0.39 is 0 Å². The summed E-state index contributed by atoms with van der Waals surface area (Å²) in [4.78, 5) is 21.0.